The fourth-order valence-electron chi connectivity index (χ4n) is 3.82. The highest BCUT2D eigenvalue weighted by Gasteiger charge is 2.35. The zero-order valence-corrected chi connectivity index (χ0v) is 15.2. The van der Waals surface area contributed by atoms with Crippen LogP contribution in [0.3, 0.4) is 0 Å². The summed E-state index contributed by atoms with van der Waals surface area (Å²) >= 11 is 0. The van der Waals surface area contributed by atoms with Crippen LogP contribution in [-0.2, 0) is 9.59 Å². The molecule has 2 saturated heterocycles. The normalized spacial score (nSPS) is 26.3. The quantitative estimate of drug-likeness (QED) is 0.860. The molecule has 5 nitrogen and oxygen atoms in total. The van der Waals surface area contributed by atoms with Crippen LogP contribution in [0, 0.1) is 17.3 Å². The summed E-state index contributed by atoms with van der Waals surface area (Å²) in [6.45, 7) is 9.97. The number of piperidine rings is 2. The molecule has 0 aromatic rings. The summed E-state index contributed by atoms with van der Waals surface area (Å²) in [5.74, 6) is 0.982. The third kappa shape index (κ3) is 4.69. The van der Waals surface area contributed by atoms with Crippen molar-refractivity contribution in [3.8, 4) is 0 Å². The highest BCUT2D eigenvalue weighted by molar-refractivity contribution is 5.84. The number of nitrogens with one attached hydrogen (secondary N) is 1. The molecule has 2 heterocycles. The monoisotopic (exact) mass is 323 g/mol. The van der Waals surface area contributed by atoms with Gasteiger partial charge in [-0.25, -0.2) is 0 Å². The van der Waals surface area contributed by atoms with Crippen molar-refractivity contribution >= 4 is 11.8 Å². The third-order valence-electron chi connectivity index (χ3n) is 5.02. The van der Waals surface area contributed by atoms with Crippen molar-refractivity contribution < 1.29 is 9.59 Å². The molecule has 2 atom stereocenters. The molecule has 0 spiro atoms. The second-order valence-electron chi connectivity index (χ2n) is 8.19. The molecule has 0 bridgehead atoms. The molecule has 2 fully saturated rings. The lowest BCUT2D eigenvalue weighted by Gasteiger charge is -2.39. The molecular formula is C18H33N3O2. The van der Waals surface area contributed by atoms with Crippen LogP contribution < -0.4 is 5.32 Å². The maximum absolute atomic E-state index is 12.9. The molecular weight excluding hydrogens is 290 g/mol. The number of carbonyl (C=O) groups excluding carboxylic acids is 2. The SMILES string of the molecule is CNCC1CCCN(C(=O)C2CCCN(C(=O)C(C)(C)C)C2)C1. The molecule has 2 rings (SSSR count). The van der Waals surface area contributed by atoms with Gasteiger partial charge in [0.25, 0.3) is 0 Å². The zero-order valence-electron chi connectivity index (χ0n) is 15.2. The fraction of sp³-hybridized carbons (Fsp3) is 0.889. The van der Waals surface area contributed by atoms with Crippen molar-refractivity contribution in [2.24, 2.45) is 17.3 Å². The van der Waals surface area contributed by atoms with E-state index in [0.717, 1.165) is 45.4 Å². The van der Waals surface area contributed by atoms with Crippen molar-refractivity contribution in [2.45, 2.75) is 46.5 Å². The van der Waals surface area contributed by atoms with E-state index in [9.17, 15) is 9.59 Å². The lowest BCUT2D eigenvalue weighted by molar-refractivity contribution is -0.146. The smallest absolute Gasteiger partial charge is 0.227 e. The number of nitrogens with zero attached hydrogens (tertiary/aromatic N) is 2. The van der Waals surface area contributed by atoms with Gasteiger partial charge >= 0.3 is 0 Å². The summed E-state index contributed by atoms with van der Waals surface area (Å²) in [7, 11) is 1.97. The molecule has 2 aliphatic heterocycles. The van der Waals surface area contributed by atoms with Crippen LogP contribution in [0.15, 0.2) is 0 Å². The van der Waals surface area contributed by atoms with Crippen LogP contribution in [0.25, 0.3) is 0 Å². The summed E-state index contributed by atoms with van der Waals surface area (Å²) in [5, 5.41) is 3.22. The van der Waals surface area contributed by atoms with Gasteiger partial charge < -0.3 is 15.1 Å². The van der Waals surface area contributed by atoms with Gasteiger partial charge in [0.15, 0.2) is 0 Å². The van der Waals surface area contributed by atoms with Gasteiger partial charge in [0.05, 0.1) is 5.92 Å². The molecule has 5 heteroatoms. The third-order valence-corrected chi connectivity index (χ3v) is 5.02. The van der Waals surface area contributed by atoms with E-state index in [-0.39, 0.29) is 23.1 Å². The van der Waals surface area contributed by atoms with E-state index in [4.69, 9.17) is 0 Å². The maximum atomic E-state index is 12.9. The predicted octanol–water partition coefficient (Wildman–Crippen LogP) is 1.73. The fourth-order valence-corrected chi connectivity index (χ4v) is 3.82. The van der Waals surface area contributed by atoms with E-state index in [1.165, 1.54) is 6.42 Å². The Kier molecular flexibility index (Phi) is 6.06. The lowest BCUT2D eigenvalue weighted by Crippen LogP contribution is -2.51. The molecule has 2 unspecified atom stereocenters. The van der Waals surface area contributed by atoms with Gasteiger partial charge in [-0.3, -0.25) is 9.59 Å². The van der Waals surface area contributed by atoms with Crippen LogP contribution in [0.5, 0.6) is 0 Å². The van der Waals surface area contributed by atoms with E-state index in [1.807, 2.05) is 37.6 Å². The second-order valence-corrected chi connectivity index (χ2v) is 8.19. The lowest BCUT2D eigenvalue weighted by atomic mass is 9.90. The molecule has 132 valence electrons. The molecule has 0 aromatic heterocycles. The highest BCUT2D eigenvalue weighted by atomic mass is 16.2. The van der Waals surface area contributed by atoms with Crippen molar-refractivity contribution in [1.29, 1.82) is 0 Å². The van der Waals surface area contributed by atoms with Gasteiger partial charge in [-0.15, -0.1) is 0 Å². The van der Waals surface area contributed by atoms with Gasteiger partial charge in [0.2, 0.25) is 11.8 Å². The van der Waals surface area contributed by atoms with Crippen LogP contribution in [0.1, 0.15) is 46.5 Å². The molecule has 0 aliphatic carbocycles. The van der Waals surface area contributed by atoms with Gasteiger partial charge in [-0.1, -0.05) is 20.8 Å². The van der Waals surface area contributed by atoms with E-state index in [2.05, 4.69) is 5.32 Å². The molecule has 2 amide bonds. The molecule has 23 heavy (non-hydrogen) atoms. The minimum atomic E-state index is -0.367. The Morgan fingerprint density at radius 1 is 1.04 bits per heavy atom. The Hall–Kier alpha value is -1.10. The van der Waals surface area contributed by atoms with E-state index < -0.39 is 0 Å². The largest absolute Gasteiger partial charge is 0.342 e. The average molecular weight is 323 g/mol. The minimum Gasteiger partial charge on any atom is -0.342 e. The first kappa shape index (κ1) is 18.2. The van der Waals surface area contributed by atoms with Crippen LogP contribution in [0.2, 0.25) is 0 Å². The highest BCUT2D eigenvalue weighted by Crippen LogP contribution is 2.26. The number of carbonyl (C=O) groups is 2. The number of rotatable bonds is 3. The van der Waals surface area contributed by atoms with Gasteiger partial charge in [-0.05, 0) is 45.2 Å². The van der Waals surface area contributed by atoms with Crippen molar-refractivity contribution in [2.75, 3.05) is 39.8 Å². The van der Waals surface area contributed by atoms with E-state index >= 15 is 0 Å². The first-order valence-corrected chi connectivity index (χ1v) is 9.05. The Morgan fingerprint density at radius 2 is 1.70 bits per heavy atom. The summed E-state index contributed by atoms with van der Waals surface area (Å²) in [6, 6.07) is 0. The first-order valence-electron chi connectivity index (χ1n) is 9.05. The Morgan fingerprint density at radius 3 is 2.35 bits per heavy atom. The number of likely N-dealkylation sites (tertiary alicyclic amines) is 2. The number of amides is 2. The van der Waals surface area contributed by atoms with Crippen molar-refractivity contribution in [3.05, 3.63) is 0 Å². The molecule has 2 aliphatic rings. The summed E-state index contributed by atoms with van der Waals surface area (Å²) in [4.78, 5) is 29.3. The van der Waals surface area contributed by atoms with Gasteiger partial charge in [0, 0.05) is 31.6 Å². The van der Waals surface area contributed by atoms with E-state index in [0.29, 0.717) is 12.5 Å². The van der Waals surface area contributed by atoms with Crippen LogP contribution in [-0.4, -0.2) is 61.4 Å². The second kappa shape index (κ2) is 7.65. The maximum Gasteiger partial charge on any atom is 0.227 e. The molecule has 0 aromatic carbocycles. The minimum absolute atomic E-state index is 0.0108. The Balaban J connectivity index is 1.95. The first-order chi connectivity index (χ1) is 10.8. The summed E-state index contributed by atoms with van der Waals surface area (Å²) in [5.41, 5.74) is -0.367. The van der Waals surface area contributed by atoms with Gasteiger partial charge in [-0.2, -0.15) is 0 Å². The molecule has 0 radical (unpaired) electrons. The molecule has 1 N–H and O–H groups in total. The van der Waals surface area contributed by atoms with Crippen molar-refractivity contribution in [3.63, 3.8) is 0 Å². The summed E-state index contributed by atoms with van der Waals surface area (Å²) in [6.07, 6.45) is 4.14. The molecule has 0 saturated carbocycles. The Bertz CT molecular complexity index is 428. The van der Waals surface area contributed by atoms with Crippen molar-refractivity contribution in [1.82, 2.24) is 15.1 Å². The predicted molar refractivity (Wildman–Crippen MR) is 92.0 cm³/mol. The summed E-state index contributed by atoms with van der Waals surface area (Å²) < 4.78 is 0. The zero-order chi connectivity index (χ0) is 17.0. The van der Waals surface area contributed by atoms with Crippen LogP contribution >= 0.6 is 0 Å². The standard InChI is InChI=1S/C18H33N3O2/c1-18(2,3)17(23)21-10-6-8-15(13-21)16(22)20-9-5-7-14(12-20)11-19-4/h14-15,19H,5-13H2,1-4H3. The number of hydrogen-bond donors (Lipinski definition) is 1. The Labute approximate surface area is 140 Å². The average Bonchev–Trinajstić information content (AvgIpc) is 2.53. The van der Waals surface area contributed by atoms with Crippen LogP contribution in [0.4, 0.5) is 0 Å². The topological polar surface area (TPSA) is 52.7 Å². The van der Waals surface area contributed by atoms with Gasteiger partial charge in [0.1, 0.15) is 0 Å². The van der Waals surface area contributed by atoms with E-state index in [1.54, 1.807) is 0 Å². The number of hydrogen-bond acceptors (Lipinski definition) is 3.